The number of fused-ring (bicyclic) bond motifs is 1. The van der Waals surface area contributed by atoms with Crippen LogP contribution < -0.4 is 0 Å². The molecular formula is C15H20O3S2. The Hall–Kier alpha value is -0.940. The Bertz CT molecular complexity index is 528. The molecule has 1 aliphatic heterocycles. The highest BCUT2D eigenvalue weighted by Crippen LogP contribution is 2.49. The van der Waals surface area contributed by atoms with Crippen LogP contribution in [0.5, 0.6) is 0 Å². The first-order chi connectivity index (χ1) is 9.52. The molecule has 0 bridgehead atoms. The number of esters is 1. The van der Waals surface area contributed by atoms with Crippen LogP contribution in [0.2, 0.25) is 0 Å². The first-order valence-electron chi connectivity index (χ1n) is 6.58. The van der Waals surface area contributed by atoms with Crippen molar-refractivity contribution >= 4 is 34.4 Å². The van der Waals surface area contributed by atoms with Gasteiger partial charge in [-0.3, -0.25) is 9.59 Å². The molecule has 1 heterocycles. The van der Waals surface area contributed by atoms with E-state index in [2.05, 4.69) is 18.6 Å². The first kappa shape index (κ1) is 15.4. The highest BCUT2D eigenvalue weighted by Gasteiger charge is 2.23. The minimum atomic E-state index is -0.420. The molecule has 3 nitrogen and oxygen atoms in total. The number of ether oxygens (including phenoxy) is 1. The predicted molar refractivity (Wildman–Crippen MR) is 86.2 cm³/mol. The number of carbonyl (C=O) groups excluding carboxylic acids is 2. The van der Waals surface area contributed by atoms with Crippen molar-refractivity contribution < 1.29 is 14.3 Å². The molecule has 2 rings (SSSR count). The van der Waals surface area contributed by atoms with Crippen LogP contribution in [0.15, 0.2) is 23.1 Å². The third-order valence-electron chi connectivity index (χ3n) is 3.55. The van der Waals surface area contributed by atoms with Crippen molar-refractivity contribution in [1.29, 1.82) is 0 Å². The molecule has 1 aromatic rings. The van der Waals surface area contributed by atoms with Gasteiger partial charge in [-0.2, -0.15) is 11.8 Å². The molecule has 0 amide bonds. The normalized spacial score (nSPS) is 22.9. The number of benzene rings is 1. The molecule has 0 saturated carbocycles. The maximum absolute atomic E-state index is 12.0. The molecule has 0 aliphatic carbocycles. The Balaban J connectivity index is 2.16. The highest BCUT2D eigenvalue weighted by molar-refractivity contribution is 8.27. The van der Waals surface area contributed by atoms with Gasteiger partial charge < -0.3 is 4.74 Å². The van der Waals surface area contributed by atoms with Crippen molar-refractivity contribution in [2.75, 3.05) is 19.1 Å². The standard InChI is InChI=1S/C15H20O3S2/c1-10(16)18-9-13(17)11-4-6-14-12(8-11)5-7-15(19-2)20(14)3/h4,6,8,15,20H,5,7,9H2,1-3H3. The van der Waals surface area contributed by atoms with Gasteiger partial charge in [0.1, 0.15) is 0 Å². The number of thioether (sulfide) groups is 1. The van der Waals surface area contributed by atoms with Crippen LogP contribution >= 0.6 is 22.7 Å². The Morgan fingerprint density at radius 3 is 2.85 bits per heavy atom. The molecule has 2 atom stereocenters. The molecule has 0 saturated heterocycles. The van der Waals surface area contributed by atoms with Crippen molar-refractivity contribution in [1.82, 2.24) is 0 Å². The number of hydrogen-bond donors (Lipinski definition) is 1. The van der Waals surface area contributed by atoms with Gasteiger partial charge in [0.2, 0.25) is 0 Å². The molecule has 110 valence electrons. The summed E-state index contributed by atoms with van der Waals surface area (Å²) in [7, 11) is -0.155. The number of ketones is 1. The van der Waals surface area contributed by atoms with Crippen LogP contribution in [-0.4, -0.2) is 35.5 Å². The van der Waals surface area contributed by atoms with Gasteiger partial charge in [-0.05, 0) is 47.9 Å². The van der Waals surface area contributed by atoms with Gasteiger partial charge in [-0.25, -0.2) is 10.9 Å². The second kappa shape index (κ2) is 6.68. The minimum absolute atomic E-state index is 0.129. The number of carbonyl (C=O) groups is 2. The maximum Gasteiger partial charge on any atom is 0.303 e. The zero-order valence-corrected chi connectivity index (χ0v) is 13.7. The van der Waals surface area contributed by atoms with Crippen LogP contribution in [0.25, 0.3) is 0 Å². The van der Waals surface area contributed by atoms with E-state index in [-0.39, 0.29) is 23.3 Å². The Kier molecular flexibility index (Phi) is 5.16. The molecule has 1 aliphatic rings. The molecular weight excluding hydrogens is 292 g/mol. The quantitative estimate of drug-likeness (QED) is 0.527. The van der Waals surface area contributed by atoms with Gasteiger partial charge in [-0.15, -0.1) is 0 Å². The van der Waals surface area contributed by atoms with E-state index in [1.165, 1.54) is 23.8 Å². The first-order valence-corrected chi connectivity index (χ1v) is 9.72. The maximum atomic E-state index is 12.0. The largest absolute Gasteiger partial charge is 0.457 e. The predicted octanol–water partition coefficient (Wildman–Crippen LogP) is 3.06. The van der Waals surface area contributed by atoms with Crippen LogP contribution in [0.3, 0.4) is 0 Å². The van der Waals surface area contributed by atoms with Crippen molar-refractivity contribution in [2.24, 2.45) is 0 Å². The van der Waals surface area contributed by atoms with Gasteiger partial charge in [-0.1, -0.05) is 6.07 Å². The number of thiol groups is 1. The minimum Gasteiger partial charge on any atom is -0.457 e. The lowest BCUT2D eigenvalue weighted by Crippen LogP contribution is -2.15. The SMILES string of the molecule is CSC1CCc2cc(C(=O)COC(C)=O)ccc2[SH]1C. The topological polar surface area (TPSA) is 43.4 Å². The number of Topliss-reactive ketones (excluding diaryl/α,β-unsaturated/α-hetero) is 1. The Morgan fingerprint density at radius 1 is 1.45 bits per heavy atom. The molecule has 0 N–H and O–H groups in total. The molecule has 0 radical (unpaired) electrons. The van der Waals surface area contributed by atoms with Crippen LogP contribution in [0.1, 0.15) is 29.3 Å². The van der Waals surface area contributed by atoms with Gasteiger partial charge in [0.25, 0.3) is 0 Å². The van der Waals surface area contributed by atoms with E-state index in [0.717, 1.165) is 11.0 Å². The second-order valence-corrected chi connectivity index (χ2v) is 8.60. The van der Waals surface area contributed by atoms with Crippen molar-refractivity contribution in [3.8, 4) is 0 Å². The Labute approximate surface area is 126 Å². The fraction of sp³-hybridized carbons (Fsp3) is 0.467. The third-order valence-corrected chi connectivity index (χ3v) is 8.23. The molecule has 20 heavy (non-hydrogen) atoms. The average molecular weight is 312 g/mol. The summed E-state index contributed by atoms with van der Waals surface area (Å²) < 4.78 is 5.49. The zero-order valence-electron chi connectivity index (χ0n) is 12.0. The Morgan fingerprint density at radius 2 is 2.20 bits per heavy atom. The lowest BCUT2D eigenvalue weighted by atomic mass is 10.0. The van der Waals surface area contributed by atoms with E-state index < -0.39 is 5.97 Å². The number of rotatable bonds is 4. The van der Waals surface area contributed by atoms with E-state index in [9.17, 15) is 9.59 Å². The van der Waals surface area contributed by atoms with E-state index in [4.69, 9.17) is 4.74 Å². The van der Waals surface area contributed by atoms with E-state index >= 15 is 0 Å². The fourth-order valence-corrected chi connectivity index (χ4v) is 6.18. The fourth-order valence-electron chi connectivity index (χ4n) is 2.46. The number of hydrogen-bond acceptors (Lipinski definition) is 4. The van der Waals surface area contributed by atoms with Crippen LogP contribution in [0, 0.1) is 0 Å². The number of aryl methyl sites for hydroxylation is 1. The summed E-state index contributed by atoms with van der Waals surface area (Å²) in [6, 6.07) is 5.94. The smallest absolute Gasteiger partial charge is 0.303 e. The summed E-state index contributed by atoms with van der Waals surface area (Å²) in [4.78, 5) is 24.1. The summed E-state index contributed by atoms with van der Waals surface area (Å²) in [5.74, 6) is -0.549. The molecule has 0 aromatic heterocycles. The van der Waals surface area contributed by atoms with Gasteiger partial charge in [0.05, 0.1) is 0 Å². The van der Waals surface area contributed by atoms with Gasteiger partial charge >= 0.3 is 5.97 Å². The van der Waals surface area contributed by atoms with Crippen LogP contribution in [0.4, 0.5) is 0 Å². The highest BCUT2D eigenvalue weighted by atomic mass is 32.2. The second-order valence-electron chi connectivity index (χ2n) is 4.89. The molecule has 0 fully saturated rings. The summed E-state index contributed by atoms with van der Waals surface area (Å²) >= 11 is 1.94. The molecule has 0 spiro atoms. The molecule has 5 heteroatoms. The third kappa shape index (κ3) is 3.38. The molecule has 1 aromatic carbocycles. The van der Waals surface area contributed by atoms with Crippen LogP contribution in [-0.2, 0) is 16.0 Å². The molecule has 2 unspecified atom stereocenters. The van der Waals surface area contributed by atoms with E-state index in [1.807, 2.05) is 23.9 Å². The summed E-state index contributed by atoms with van der Waals surface area (Å²) in [5.41, 5.74) is 1.94. The van der Waals surface area contributed by atoms with Crippen molar-refractivity contribution in [3.05, 3.63) is 29.3 Å². The lowest BCUT2D eigenvalue weighted by molar-refractivity contribution is -0.139. The summed E-state index contributed by atoms with van der Waals surface area (Å²) in [5, 5.41) is 0. The van der Waals surface area contributed by atoms with Crippen molar-refractivity contribution in [3.63, 3.8) is 0 Å². The summed E-state index contributed by atoms with van der Waals surface area (Å²) in [6.07, 6.45) is 6.69. The van der Waals surface area contributed by atoms with Gasteiger partial charge in [0.15, 0.2) is 12.4 Å². The lowest BCUT2D eigenvalue weighted by Gasteiger charge is -2.33. The van der Waals surface area contributed by atoms with E-state index in [0.29, 0.717) is 5.56 Å². The van der Waals surface area contributed by atoms with Crippen molar-refractivity contribution in [2.45, 2.75) is 29.2 Å². The van der Waals surface area contributed by atoms with Gasteiger partial charge in [0, 0.05) is 17.1 Å². The average Bonchev–Trinajstić information content (AvgIpc) is 2.44. The summed E-state index contributed by atoms with van der Waals surface area (Å²) in [6.45, 7) is 1.15. The van der Waals surface area contributed by atoms with E-state index in [1.54, 1.807) is 0 Å². The monoisotopic (exact) mass is 312 g/mol. The zero-order chi connectivity index (χ0) is 14.7.